The molecule has 0 amide bonds. The predicted octanol–water partition coefficient (Wildman–Crippen LogP) is 2.97. The highest BCUT2D eigenvalue weighted by molar-refractivity contribution is 5.86. The first-order valence-electron chi connectivity index (χ1n) is 6.86. The number of aliphatic hydroxyl groups is 1. The lowest BCUT2D eigenvalue weighted by Gasteiger charge is -2.15. The minimum Gasteiger partial charge on any atom is -0.481 e. The van der Waals surface area contributed by atoms with Crippen molar-refractivity contribution in [1.29, 1.82) is 0 Å². The second-order valence-electron chi connectivity index (χ2n) is 5.10. The molecule has 21 heavy (non-hydrogen) atoms. The molecule has 1 atom stereocenters. The quantitative estimate of drug-likeness (QED) is 0.803. The van der Waals surface area contributed by atoms with Crippen molar-refractivity contribution in [3.8, 4) is 5.88 Å². The Kier molecular flexibility index (Phi) is 3.39. The van der Waals surface area contributed by atoms with E-state index in [0.717, 1.165) is 27.6 Å². The molecule has 0 saturated carbocycles. The lowest BCUT2D eigenvalue weighted by atomic mass is 9.96. The van der Waals surface area contributed by atoms with E-state index < -0.39 is 6.10 Å². The molecule has 4 nitrogen and oxygen atoms in total. The van der Waals surface area contributed by atoms with E-state index in [1.54, 1.807) is 11.8 Å². The van der Waals surface area contributed by atoms with Gasteiger partial charge in [-0.25, -0.2) is 4.68 Å². The number of benzene rings is 2. The number of aliphatic hydroxyl groups excluding tert-OH is 1. The Morgan fingerprint density at radius 2 is 1.86 bits per heavy atom. The smallest absolute Gasteiger partial charge is 0.217 e. The van der Waals surface area contributed by atoms with Crippen molar-refractivity contribution in [3.63, 3.8) is 0 Å². The molecule has 0 saturated heterocycles. The fraction of sp³-hybridized carbons (Fsp3) is 0.235. The van der Waals surface area contributed by atoms with Gasteiger partial charge in [0.1, 0.15) is 6.10 Å². The lowest BCUT2D eigenvalue weighted by molar-refractivity contribution is 0.214. The first kappa shape index (κ1) is 13.6. The molecule has 1 heterocycles. The summed E-state index contributed by atoms with van der Waals surface area (Å²) in [7, 11) is 3.40. The highest BCUT2D eigenvalue weighted by Gasteiger charge is 2.24. The molecule has 1 aromatic heterocycles. The van der Waals surface area contributed by atoms with Gasteiger partial charge in [0.25, 0.3) is 0 Å². The summed E-state index contributed by atoms with van der Waals surface area (Å²) in [5.41, 5.74) is 2.36. The van der Waals surface area contributed by atoms with Crippen LogP contribution in [0.2, 0.25) is 0 Å². The van der Waals surface area contributed by atoms with Gasteiger partial charge in [-0.3, -0.25) is 0 Å². The topological polar surface area (TPSA) is 47.3 Å². The van der Waals surface area contributed by atoms with Gasteiger partial charge in [0.2, 0.25) is 5.88 Å². The van der Waals surface area contributed by atoms with Crippen LogP contribution in [0.4, 0.5) is 0 Å². The highest BCUT2D eigenvalue weighted by Crippen LogP contribution is 2.35. The molecule has 2 aromatic carbocycles. The van der Waals surface area contributed by atoms with E-state index in [9.17, 15) is 5.11 Å². The average molecular weight is 282 g/mol. The third-order valence-electron chi connectivity index (χ3n) is 3.80. The summed E-state index contributed by atoms with van der Waals surface area (Å²) < 4.78 is 7.04. The number of hydrogen-bond donors (Lipinski definition) is 1. The molecule has 0 radical (unpaired) electrons. The molecule has 0 aliphatic carbocycles. The summed E-state index contributed by atoms with van der Waals surface area (Å²) in [6.07, 6.45) is -0.764. The maximum Gasteiger partial charge on any atom is 0.217 e. The zero-order valence-corrected chi connectivity index (χ0v) is 12.4. The van der Waals surface area contributed by atoms with Gasteiger partial charge < -0.3 is 9.84 Å². The molecule has 0 aliphatic heterocycles. The van der Waals surface area contributed by atoms with Crippen LogP contribution in [0, 0.1) is 6.92 Å². The van der Waals surface area contributed by atoms with Crippen molar-refractivity contribution in [2.24, 2.45) is 7.05 Å². The zero-order valence-electron chi connectivity index (χ0n) is 12.4. The maximum absolute atomic E-state index is 10.9. The number of fused-ring (bicyclic) bond motifs is 1. The van der Waals surface area contributed by atoms with Crippen molar-refractivity contribution < 1.29 is 9.84 Å². The molecule has 4 heteroatoms. The fourth-order valence-electron chi connectivity index (χ4n) is 2.85. The van der Waals surface area contributed by atoms with Gasteiger partial charge in [-0.1, -0.05) is 42.5 Å². The Balaban J connectivity index is 2.20. The van der Waals surface area contributed by atoms with Gasteiger partial charge in [0.15, 0.2) is 0 Å². The number of aromatic nitrogens is 2. The molecule has 108 valence electrons. The van der Waals surface area contributed by atoms with Crippen LogP contribution in [0.5, 0.6) is 5.88 Å². The zero-order chi connectivity index (χ0) is 15.0. The number of ether oxygens (including phenoxy) is 1. The normalized spacial score (nSPS) is 12.6. The van der Waals surface area contributed by atoms with Crippen LogP contribution in [-0.4, -0.2) is 22.0 Å². The Morgan fingerprint density at radius 1 is 1.14 bits per heavy atom. The molecule has 3 rings (SSSR count). The summed E-state index contributed by atoms with van der Waals surface area (Å²) in [5, 5.41) is 17.3. The van der Waals surface area contributed by atoms with Gasteiger partial charge in [-0.05, 0) is 23.3 Å². The second kappa shape index (κ2) is 5.22. The molecule has 3 aromatic rings. The number of rotatable bonds is 3. The molecule has 0 spiro atoms. The molecule has 0 bridgehead atoms. The van der Waals surface area contributed by atoms with Crippen molar-refractivity contribution in [2.75, 3.05) is 7.11 Å². The van der Waals surface area contributed by atoms with Crippen LogP contribution >= 0.6 is 0 Å². The maximum atomic E-state index is 10.9. The van der Waals surface area contributed by atoms with Crippen LogP contribution in [0.1, 0.15) is 22.9 Å². The van der Waals surface area contributed by atoms with E-state index in [2.05, 4.69) is 5.10 Å². The molecular weight excluding hydrogens is 264 g/mol. The van der Waals surface area contributed by atoms with Crippen LogP contribution in [0.3, 0.4) is 0 Å². The number of aryl methyl sites for hydroxylation is 2. The molecule has 1 unspecified atom stereocenters. The summed E-state index contributed by atoms with van der Waals surface area (Å²) in [6.45, 7) is 1.88. The summed E-state index contributed by atoms with van der Waals surface area (Å²) in [4.78, 5) is 0. The van der Waals surface area contributed by atoms with Gasteiger partial charge in [-0.2, -0.15) is 5.10 Å². The number of methoxy groups -OCH3 is 1. The van der Waals surface area contributed by atoms with Crippen molar-refractivity contribution in [3.05, 3.63) is 59.3 Å². The monoisotopic (exact) mass is 282 g/mol. The van der Waals surface area contributed by atoms with Gasteiger partial charge in [0, 0.05) is 7.05 Å². The standard InChI is InChI=1S/C17H18N2O2/c1-11-15(17(21-3)19(2)18-11)16(20)14-10-6-8-12-7-4-5-9-13(12)14/h4-10,16,20H,1-3H3. The fourth-order valence-corrected chi connectivity index (χ4v) is 2.85. The first-order valence-corrected chi connectivity index (χ1v) is 6.86. The summed E-state index contributed by atoms with van der Waals surface area (Å²) in [6, 6.07) is 14.0. The van der Waals surface area contributed by atoms with E-state index in [1.807, 2.05) is 56.4 Å². The van der Waals surface area contributed by atoms with Crippen LogP contribution in [0.25, 0.3) is 10.8 Å². The third-order valence-corrected chi connectivity index (χ3v) is 3.80. The molecule has 0 fully saturated rings. The second-order valence-corrected chi connectivity index (χ2v) is 5.10. The number of nitrogens with zero attached hydrogens (tertiary/aromatic N) is 2. The van der Waals surface area contributed by atoms with Gasteiger partial charge in [-0.15, -0.1) is 0 Å². The Hall–Kier alpha value is -2.33. The Bertz CT molecular complexity index is 787. The summed E-state index contributed by atoms with van der Waals surface area (Å²) >= 11 is 0. The van der Waals surface area contributed by atoms with Crippen LogP contribution < -0.4 is 4.74 Å². The van der Waals surface area contributed by atoms with E-state index in [4.69, 9.17) is 4.74 Å². The molecule has 1 N–H and O–H groups in total. The molecular formula is C17H18N2O2. The van der Waals surface area contributed by atoms with E-state index in [0.29, 0.717) is 5.88 Å². The third kappa shape index (κ3) is 2.17. The van der Waals surface area contributed by atoms with E-state index in [1.165, 1.54) is 0 Å². The first-order chi connectivity index (χ1) is 10.1. The van der Waals surface area contributed by atoms with Crippen molar-refractivity contribution >= 4 is 10.8 Å². The minimum atomic E-state index is -0.764. The predicted molar refractivity (Wildman–Crippen MR) is 82.5 cm³/mol. The van der Waals surface area contributed by atoms with Crippen LogP contribution in [-0.2, 0) is 7.05 Å². The molecule has 0 aliphatic rings. The largest absolute Gasteiger partial charge is 0.481 e. The Morgan fingerprint density at radius 3 is 2.62 bits per heavy atom. The summed E-state index contributed by atoms with van der Waals surface area (Å²) in [5.74, 6) is 0.591. The minimum absolute atomic E-state index is 0.591. The van der Waals surface area contributed by atoms with Gasteiger partial charge in [0.05, 0.1) is 18.4 Å². The Labute approximate surface area is 123 Å². The van der Waals surface area contributed by atoms with Gasteiger partial charge >= 0.3 is 0 Å². The average Bonchev–Trinajstić information content (AvgIpc) is 2.79. The van der Waals surface area contributed by atoms with Crippen LogP contribution in [0.15, 0.2) is 42.5 Å². The number of hydrogen-bond acceptors (Lipinski definition) is 3. The van der Waals surface area contributed by atoms with Crippen molar-refractivity contribution in [1.82, 2.24) is 9.78 Å². The lowest BCUT2D eigenvalue weighted by Crippen LogP contribution is -2.04. The van der Waals surface area contributed by atoms with E-state index >= 15 is 0 Å². The highest BCUT2D eigenvalue weighted by atomic mass is 16.5. The SMILES string of the molecule is COc1c(C(O)c2cccc3ccccc23)c(C)nn1C. The van der Waals surface area contributed by atoms with E-state index in [-0.39, 0.29) is 0 Å². The van der Waals surface area contributed by atoms with Crippen molar-refractivity contribution in [2.45, 2.75) is 13.0 Å².